The number of aromatic nitrogens is 2. The van der Waals surface area contributed by atoms with Crippen molar-refractivity contribution in [1.82, 2.24) is 19.2 Å². The maximum absolute atomic E-state index is 12.4. The fourth-order valence-corrected chi connectivity index (χ4v) is 3.77. The molecule has 10 heteroatoms. The Morgan fingerprint density at radius 1 is 1.26 bits per heavy atom. The third kappa shape index (κ3) is 5.62. The summed E-state index contributed by atoms with van der Waals surface area (Å²) in [6.45, 7) is 9.42. The van der Waals surface area contributed by atoms with Crippen LogP contribution in [0.5, 0.6) is 0 Å². The number of hydrogen-bond acceptors (Lipinski definition) is 6. The molecule has 0 saturated carbocycles. The van der Waals surface area contributed by atoms with Gasteiger partial charge in [-0.1, -0.05) is 27.7 Å². The van der Waals surface area contributed by atoms with Gasteiger partial charge in [-0.2, -0.15) is 0 Å². The summed E-state index contributed by atoms with van der Waals surface area (Å²) in [5, 5.41) is 2.64. The van der Waals surface area contributed by atoms with E-state index < -0.39 is 27.4 Å². The van der Waals surface area contributed by atoms with Crippen molar-refractivity contribution in [3.63, 3.8) is 0 Å². The van der Waals surface area contributed by atoms with Crippen molar-refractivity contribution in [2.75, 3.05) is 14.1 Å². The zero-order chi connectivity index (χ0) is 23.6. The van der Waals surface area contributed by atoms with Crippen molar-refractivity contribution >= 4 is 32.9 Å². The summed E-state index contributed by atoms with van der Waals surface area (Å²) in [5.41, 5.74) is 0.657. The average Bonchev–Trinajstić information content (AvgIpc) is 3.02. The molecule has 0 aliphatic heterocycles. The van der Waals surface area contributed by atoms with E-state index in [-0.39, 0.29) is 17.4 Å². The Hall–Kier alpha value is -2.46. The molecular formula is C21H32N4O5S. The van der Waals surface area contributed by atoms with Crippen LogP contribution >= 0.6 is 0 Å². The summed E-state index contributed by atoms with van der Waals surface area (Å²) in [5.74, 6) is -0.299. The summed E-state index contributed by atoms with van der Waals surface area (Å²) in [6, 6.07) is 3.98. The Bertz CT molecular complexity index is 1070. The minimum atomic E-state index is -3.59. The van der Waals surface area contributed by atoms with Gasteiger partial charge in [-0.25, -0.2) is 22.5 Å². The number of nitrogens with zero attached hydrogens (tertiary/aromatic N) is 3. The molecule has 0 aliphatic rings. The van der Waals surface area contributed by atoms with E-state index in [0.717, 1.165) is 16.2 Å². The zero-order valence-corrected chi connectivity index (χ0v) is 20.0. The van der Waals surface area contributed by atoms with Gasteiger partial charge < -0.3 is 14.6 Å². The normalized spacial score (nSPS) is 13.4. The molecule has 0 radical (unpaired) electrons. The van der Waals surface area contributed by atoms with Crippen LogP contribution in [-0.4, -0.2) is 54.3 Å². The SMILES string of the molecule is CCCn1c(COC(=O)[C@@H](C)NC(=O)C(C)(C)C)nc2cc(S(=O)(=O)N(C)C)ccc21. The predicted molar refractivity (Wildman–Crippen MR) is 118 cm³/mol. The highest BCUT2D eigenvalue weighted by Crippen LogP contribution is 2.23. The lowest BCUT2D eigenvalue weighted by Gasteiger charge is -2.21. The molecule has 0 aliphatic carbocycles. The van der Waals surface area contributed by atoms with Crippen molar-refractivity contribution in [3.05, 3.63) is 24.0 Å². The van der Waals surface area contributed by atoms with Gasteiger partial charge >= 0.3 is 5.97 Å². The predicted octanol–water partition coefficient (Wildman–Crippen LogP) is 2.29. The van der Waals surface area contributed by atoms with Crippen LogP contribution < -0.4 is 5.32 Å². The van der Waals surface area contributed by atoms with Crippen molar-refractivity contribution in [1.29, 1.82) is 0 Å². The van der Waals surface area contributed by atoms with Gasteiger partial charge in [0.15, 0.2) is 0 Å². The van der Waals surface area contributed by atoms with E-state index in [0.29, 0.717) is 17.9 Å². The average molecular weight is 453 g/mol. The molecule has 1 amide bonds. The molecule has 1 aromatic carbocycles. The summed E-state index contributed by atoms with van der Waals surface area (Å²) in [7, 11) is -0.643. The lowest BCUT2D eigenvalue weighted by Crippen LogP contribution is -2.44. The van der Waals surface area contributed by atoms with Gasteiger partial charge in [-0.3, -0.25) is 4.79 Å². The number of ether oxygens (including phenoxy) is 1. The maximum atomic E-state index is 12.4. The molecule has 2 aromatic rings. The third-order valence-electron chi connectivity index (χ3n) is 4.75. The maximum Gasteiger partial charge on any atom is 0.328 e. The van der Waals surface area contributed by atoms with Crippen LogP contribution in [0.25, 0.3) is 11.0 Å². The number of benzene rings is 1. The van der Waals surface area contributed by atoms with Gasteiger partial charge in [-0.15, -0.1) is 0 Å². The van der Waals surface area contributed by atoms with Gasteiger partial charge in [0.25, 0.3) is 0 Å². The standard InChI is InChI=1S/C21H32N4O5S/c1-8-11-25-17-10-9-15(31(28,29)24(6)7)12-16(17)23-18(25)13-30-19(26)14(2)22-20(27)21(3,4)5/h9-10,12,14H,8,11,13H2,1-7H3,(H,22,27)/t14-/m1/s1. The number of imidazole rings is 1. The van der Waals surface area contributed by atoms with E-state index in [9.17, 15) is 18.0 Å². The minimum Gasteiger partial charge on any atom is -0.456 e. The number of hydrogen-bond donors (Lipinski definition) is 1. The number of rotatable bonds is 8. The van der Waals surface area contributed by atoms with E-state index in [1.54, 1.807) is 39.8 Å². The summed E-state index contributed by atoms with van der Waals surface area (Å²) in [4.78, 5) is 29.1. The molecule has 0 bridgehead atoms. The largest absolute Gasteiger partial charge is 0.456 e. The summed E-state index contributed by atoms with van der Waals surface area (Å²) < 4.78 is 33.3. The van der Waals surface area contributed by atoms with E-state index in [2.05, 4.69) is 10.3 Å². The quantitative estimate of drug-likeness (QED) is 0.615. The first-order chi connectivity index (χ1) is 14.3. The number of nitrogens with one attached hydrogen (secondary N) is 1. The Labute approximate surface area is 183 Å². The molecule has 2 rings (SSSR count). The number of carbonyl (C=O) groups is 2. The molecule has 1 aromatic heterocycles. The molecule has 1 atom stereocenters. The Kier molecular flexibility index (Phi) is 7.48. The summed E-state index contributed by atoms with van der Waals surface area (Å²) in [6.07, 6.45) is 0.822. The van der Waals surface area contributed by atoms with E-state index >= 15 is 0 Å². The first-order valence-electron chi connectivity index (χ1n) is 10.2. The lowest BCUT2D eigenvalue weighted by molar-refractivity contribution is -0.149. The van der Waals surface area contributed by atoms with Crippen molar-refractivity contribution < 1.29 is 22.7 Å². The Balaban J connectivity index is 2.25. The van der Waals surface area contributed by atoms with Gasteiger partial charge in [0, 0.05) is 26.1 Å². The number of fused-ring (bicyclic) bond motifs is 1. The zero-order valence-electron chi connectivity index (χ0n) is 19.2. The fourth-order valence-electron chi connectivity index (χ4n) is 2.85. The van der Waals surface area contributed by atoms with Crippen LogP contribution in [0.4, 0.5) is 0 Å². The van der Waals surface area contributed by atoms with E-state index in [1.807, 2.05) is 11.5 Å². The second kappa shape index (κ2) is 9.35. The van der Waals surface area contributed by atoms with Gasteiger partial charge in [0.1, 0.15) is 18.5 Å². The Morgan fingerprint density at radius 2 is 1.90 bits per heavy atom. The molecule has 172 valence electrons. The van der Waals surface area contributed by atoms with Crippen molar-refractivity contribution in [2.24, 2.45) is 5.41 Å². The van der Waals surface area contributed by atoms with Crippen LogP contribution in [0.15, 0.2) is 23.1 Å². The number of sulfonamides is 1. The highest BCUT2D eigenvalue weighted by Gasteiger charge is 2.26. The fraction of sp³-hybridized carbons (Fsp3) is 0.571. The molecule has 1 heterocycles. The smallest absolute Gasteiger partial charge is 0.328 e. The highest BCUT2D eigenvalue weighted by molar-refractivity contribution is 7.89. The molecular weight excluding hydrogens is 420 g/mol. The third-order valence-corrected chi connectivity index (χ3v) is 6.56. The minimum absolute atomic E-state index is 0.0843. The highest BCUT2D eigenvalue weighted by atomic mass is 32.2. The molecule has 31 heavy (non-hydrogen) atoms. The Morgan fingerprint density at radius 3 is 2.45 bits per heavy atom. The number of amides is 1. The van der Waals surface area contributed by atoms with Crippen molar-refractivity contribution in [3.8, 4) is 0 Å². The summed E-state index contributed by atoms with van der Waals surface area (Å²) >= 11 is 0. The number of carbonyl (C=O) groups excluding carboxylic acids is 2. The lowest BCUT2D eigenvalue weighted by atomic mass is 9.95. The first-order valence-corrected chi connectivity index (χ1v) is 11.6. The molecule has 0 spiro atoms. The van der Waals surface area contributed by atoms with Gasteiger partial charge in [-0.05, 0) is 31.5 Å². The number of esters is 1. The molecule has 0 fully saturated rings. The van der Waals surface area contributed by atoms with Crippen LogP contribution in [0.1, 0.15) is 46.9 Å². The van der Waals surface area contributed by atoms with E-state index in [1.165, 1.54) is 20.2 Å². The second-order valence-electron chi connectivity index (χ2n) is 8.67. The molecule has 9 nitrogen and oxygen atoms in total. The van der Waals surface area contributed by atoms with Crippen molar-refractivity contribution in [2.45, 2.75) is 65.1 Å². The topological polar surface area (TPSA) is 111 Å². The van der Waals surface area contributed by atoms with Crippen LogP contribution in [-0.2, 0) is 37.5 Å². The van der Waals surface area contributed by atoms with Crippen LogP contribution in [0, 0.1) is 5.41 Å². The van der Waals surface area contributed by atoms with E-state index in [4.69, 9.17) is 4.74 Å². The molecule has 0 saturated heterocycles. The van der Waals surface area contributed by atoms with Gasteiger partial charge in [0.05, 0.1) is 15.9 Å². The van der Waals surface area contributed by atoms with Gasteiger partial charge in [0.2, 0.25) is 15.9 Å². The van der Waals surface area contributed by atoms with Crippen LogP contribution in [0.2, 0.25) is 0 Å². The molecule has 1 N–H and O–H groups in total. The monoisotopic (exact) mass is 452 g/mol. The number of aryl methyl sites for hydroxylation is 1. The molecule has 0 unspecified atom stereocenters. The first kappa shape index (κ1) is 24.8. The van der Waals surface area contributed by atoms with Crippen LogP contribution in [0.3, 0.4) is 0 Å². The second-order valence-corrected chi connectivity index (χ2v) is 10.8.